The summed E-state index contributed by atoms with van der Waals surface area (Å²) in [5.41, 5.74) is 4.20. The minimum atomic E-state index is -0.114. The second-order valence-corrected chi connectivity index (χ2v) is 7.90. The fraction of sp³-hybridized carbons (Fsp3) is 0.261. The molecule has 0 atom stereocenters. The highest BCUT2D eigenvalue weighted by atomic mass is 32.2. The quantitative estimate of drug-likeness (QED) is 0.526. The summed E-state index contributed by atoms with van der Waals surface area (Å²) in [5.74, 6) is 0.844. The zero-order valence-corrected chi connectivity index (χ0v) is 18.4. The van der Waals surface area contributed by atoms with Crippen LogP contribution >= 0.6 is 11.8 Å². The Balaban J connectivity index is 1.65. The maximum atomic E-state index is 12.4. The molecule has 1 aromatic heterocycles. The van der Waals surface area contributed by atoms with Crippen molar-refractivity contribution in [1.29, 1.82) is 0 Å². The van der Waals surface area contributed by atoms with Gasteiger partial charge in [-0.2, -0.15) is 0 Å². The number of thioether (sulfide) groups is 1. The van der Waals surface area contributed by atoms with E-state index in [4.69, 9.17) is 4.74 Å². The number of anilines is 2. The van der Waals surface area contributed by atoms with E-state index in [2.05, 4.69) is 21.7 Å². The summed E-state index contributed by atoms with van der Waals surface area (Å²) in [5, 5.41) is 7.60. The van der Waals surface area contributed by atoms with Crippen molar-refractivity contribution in [2.24, 2.45) is 0 Å². The Labute approximate surface area is 180 Å². The van der Waals surface area contributed by atoms with Crippen LogP contribution in [-0.4, -0.2) is 29.7 Å². The van der Waals surface area contributed by atoms with Gasteiger partial charge in [-0.15, -0.1) is 0 Å². The Kier molecular flexibility index (Phi) is 6.95. The largest absolute Gasteiger partial charge is 0.497 e. The topological polar surface area (TPSA) is 80.3 Å². The number of hydrogen-bond acceptors (Lipinski definition) is 5. The lowest BCUT2D eigenvalue weighted by atomic mass is 10.1. The highest BCUT2D eigenvalue weighted by Crippen LogP contribution is 2.27. The first-order chi connectivity index (χ1) is 14.4. The molecular weight excluding hydrogens is 398 g/mol. The van der Waals surface area contributed by atoms with Crippen LogP contribution < -0.4 is 15.4 Å². The van der Waals surface area contributed by atoms with Crippen molar-refractivity contribution >= 4 is 45.9 Å². The van der Waals surface area contributed by atoms with Crippen molar-refractivity contribution in [3.63, 3.8) is 0 Å². The van der Waals surface area contributed by atoms with Crippen molar-refractivity contribution < 1.29 is 14.3 Å². The monoisotopic (exact) mass is 423 g/mol. The zero-order chi connectivity index (χ0) is 21.7. The molecule has 0 bridgehead atoms. The van der Waals surface area contributed by atoms with Gasteiger partial charge in [0.1, 0.15) is 10.8 Å². The summed E-state index contributed by atoms with van der Waals surface area (Å²) >= 11 is 1.40. The maximum Gasteiger partial charge on any atom is 0.234 e. The molecule has 0 unspecified atom stereocenters. The lowest BCUT2D eigenvalue weighted by Crippen LogP contribution is -2.15. The number of benzene rings is 2. The first-order valence-corrected chi connectivity index (χ1v) is 10.7. The van der Waals surface area contributed by atoms with Crippen LogP contribution in [-0.2, 0) is 9.59 Å². The summed E-state index contributed by atoms with van der Waals surface area (Å²) in [6.07, 6.45) is 0.421. The molecule has 0 aliphatic heterocycles. The molecule has 0 radical (unpaired) electrons. The summed E-state index contributed by atoms with van der Waals surface area (Å²) < 4.78 is 5.27. The number of fused-ring (bicyclic) bond motifs is 1. The van der Waals surface area contributed by atoms with E-state index in [-0.39, 0.29) is 17.6 Å². The number of carbonyl (C=O) groups is 2. The lowest BCUT2D eigenvalue weighted by molar-refractivity contribution is -0.116. The van der Waals surface area contributed by atoms with Crippen molar-refractivity contribution in [2.75, 3.05) is 23.5 Å². The van der Waals surface area contributed by atoms with E-state index in [0.29, 0.717) is 12.1 Å². The summed E-state index contributed by atoms with van der Waals surface area (Å²) in [6, 6.07) is 13.3. The summed E-state index contributed by atoms with van der Waals surface area (Å²) in [7, 11) is 1.63. The van der Waals surface area contributed by atoms with E-state index in [1.54, 1.807) is 26.2 Å². The van der Waals surface area contributed by atoms with Crippen LogP contribution in [0.15, 0.2) is 47.5 Å². The molecule has 0 aliphatic rings. The molecule has 2 N–H and O–H groups in total. The molecule has 1 heterocycles. The molecule has 0 fully saturated rings. The normalized spacial score (nSPS) is 10.7. The van der Waals surface area contributed by atoms with Gasteiger partial charge in [0.2, 0.25) is 11.8 Å². The van der Waals surface area contributed by atoms with Crippen LogP contribution in [0.3, 0.4) is 0 Å². The molecule has 2 amide bonds. The summed E-state index contributed by atoms with van der Waals surface area (Å²) in [6.45, 7) is 5.69. The van der Waals surface area contributed by atoms with Gasteiger partial charge in [-0.3, -0.25) is 9.59 Å². The molecule has 7 heteroatoms. The van der Waals surface area contributed by atoms with Gasteiger partial charge >= 0.3 is 0 Å². The predicted molar refractivity (Wildman–Crippen MR) is 122 cm³/mol. The number of nitrogens with zero attached hydrogens (tertiary/aromatic N) is 1. The highest BCUT2D eigenvalue weighted by Gasteiger charge is 2.10. The highest BCUT2D eigenvalue weighted by molar-refractivity contribution is 8.00. The van der Waals surface area contributed by atoms with E-state index < -0.39 is 0 Å². The van der Waals surface area contributed by atoms with Crippen LogP contribution in [0.2, 0.25) is 0 Å². The number of hydrogen-bond donors (Lipinski definition) is 2. The van der Waals surface area contributed by atoms with Crippen molar-refractivity contribution in [1.82, 2.24) is 4.98 Å². The minimum absolute atomic E-state index is 0.0397. The number of nitrogens with one attached hydrogen (secondary N) is 2. The Bertz CT molecular complexity index is 1100. The van der Waals surface area contributed by atoms with Gasteiger partial charge in [0.05, 0.1) is 18.4 Å². The van der Waals surface area contributed by atoms with Crippen LogP contribution in [0.1, 0.15) is 24.5 Å². The third-order valence-corrected chi connectivity index (χ3v) is 5.71. The van der Waals surface area contributed by atoms with Gasteiger partial charge in [0, 0.05) is 29.2 Å². The van der Waals surface area contributed by atoms with E-state index in [9.17, 15) is 9.59 Å². The molecule has 30 heavy (non-hydrogen) atoms. The van der Waals surface area contributed by atoms with Gasteiger partial charge in [-0.1, -0.05) is 18.7 Å². The molecule has 6 nitrogen and oxygen atoms in total. The van der Waals surface area contributed by atoms with Gasteiger partial charge in [0.15, 0.2) is 0 Å². The first-order valence-electron chi connectivity index (χ1n) is 9.68. The fourth-order valence-corrected chi connectivity index (χ4v) is 3.75. The average Bonchev–Trinajstić information content (AvgIpc) is 2.73. The smallest absolute Gasteiger partial charge is 0.234 e. The van der Waals surface area contributed by atoms with Crippen LogP contribution in [0, 0.1) is 13.8 Å². The van der Waals surface area contributed by atoms with Crippen LogP contribution in [0.25, 0.3) is 10.9 Å². The Morgan fingerprint density at radius 2 is 1.80 bits per heavy atom. The van der Waals surface area contributed by atoms with Crippen LogP contribution in [0.5, 0.6) is 5.75 Å². The lowest BCUT2D eigenvalue weighted by Gasteiger charge is -2.11. The number of aromatic nitrogens is 1. The van der Waals surface area contributed by atoms with E-state index in [1.165, 1.54) is 11.8 Å². The van der Waals surface area contributed by atoms with Crippen molar-refractivity contribution in [2.45, 2.75) is 32.2 Å². The number of ether oxygens (including phenoxy) is 1. The summed E-state index contributed by atoms with van der Waals surface area (Å²) in [4.78, 5) is 28.7. The second kappa shape index (κ2) is 9.63. The Hall–Kier alpha value is -3.06. The number of aryl methyl sites for hydroxylation is 2. The van der Waals surface area contributed by atoms with Gasteiger partial charge < -0.3 is 15.4 Å². The zero-order valence-electron chi connectivity index (χ0n) is 17.5. The third-order valence-electron chi connectivity index (χ3n) is 4.61. The van der Waals surface area contributed by atoms with E-state index >= 15 is 0 Å². The average molecular weight is 424 g/mol. The van der Waals surface area contributed by atoms with Crippen LogP contribution in [0.4, 0.5) is 11.4 Å². The third kappa shape index (κ3) is 5.30. The van der Waals surface area contributed by atoms with E-state index in [1.807, 2.05) is 38.1 Å². The van der Waals surface area contributed by atoms with Gasteiger partial charge in [0.25, 0.3) is 0 Å². The number of carbonyl (C=O) groups excluding carboxylic acids is 2. The van der Waals surface area contributed by atoms with Gasteiger partial charge in [-0.05, 0) is 61.4 Å². The predicted octanol–water partition coefficient (Wildman–Crippen LogP) is 4.94. The number of amides is 2. The van der Waals surface area contributed by atoms with Crippen molar-refractivity contribution in [3.8, 4) is 5.75 Å². The molecule has 156 valence electrons. The standard InChI is InChI=1S/C23H25N3O3S/c1-5-21(27)25-19-9-7-17(11-14(19)2)24-22(28)13-30-23-15(3)10-16-6-8-18(29-4)12-20(16)26-23/h6-12H,5,13H2,1-4H3,(H,24,28)(H,25,27). The number of rotatable bonds is 7. The Morgan fingerprint density at radius 3 is 2.50 bits per heavy atom. The van der Waals surface area contributed by atoms with Gasteiger partial charge in [-0.25, -0.2) is 4.98 Å². The molecule has 0 spiro atoms. The molecule has 0 saturated heterocycles. The first kappa shape index (κ1) is 21.6. The molecule has 3 rings (SSSR count). The Morgan fingerprint density at radius 1 is 1.00 bits per heavy atom. The van der Waals surface area contributed by atoms with Crippen molar-refractivity contribution in [3.05, 3.63) is 53.6 Å². The maximum absolute atomic E-state index is 12.4. The molecule has 3 aromatic rings. The molecule has 2 aromatic carbocycles. The van der Waals surface area contributed by atoms with E-state index in [0.717, 1.165) is 38.5 Å². The minimum Gasteiger partial charge on any atom is -0.497 e. The fourth-order valence-electron chi connectivity index (χ4n) is 2.96. The molecular formula is C23H25N3O3S. The molecule has 0 aliphatic carbocycles. The molecule has 0 saturated carbocycles. The second-order valence-electron chi connectivity index (χ2n) is 6.94. The SMILES string of the molecule is CCC(=O)Nc1ccc(NC(=O)CSc2nc3cc(OC)ccc3cc2C)cc1C. The number of methoxy groups -OCH3 is 1. The number of pyridine rings is 1.